The van der Waals surface area contributed by atoms with Crippen molar-refractivity contribution in [1.82, 2.24) is 0 Å². The smallest absolute Gasteiger partial charge is 0.0403 e. The molecule has 1 saturated heterocycles. The summed E-state index contributed by atoms with van der Waals surface area (Å²) in [7, 11) is 0. The van der Waals surface area contributed by atoms with Crippen LogP contribution in [0.2, 0.25) is 0 Å². The van der Waals surface area contributed by atoms with Crippen LogP contribution in [0.5, 0.6) is 0 Å². The van der Waals surface area contributed by atoms with Crippen molar-refractivity contribution in [3.8, 4) is 0 Å². The lowest BCUT2D eigenvalue weighted by molar-refractivity contribution is 0.305. The second-order valence-electron chi connectivity index (χ2n) is 5.02. The first-order valence-corrected chi connectivity index (χ1v) is 7.91. The number of halogens is 1. The number of hydrogen-bond acceptors (Lipinski definition) is 2. The van der Waals surface area contributed by atoms with E-state index in [1.54, 1.807) is 0 Å². The van der Waals surface area contributed by atoms with Crippen LogP contribution < -0.4 is 5.32 Å². The van der Waals surface area contributed by atoms with Crippen molar-refractivity contribution in [2.24, 2.45) is 5.41 Å². The van der Waals surface area contributed by atoms with Crippen molar-refractivity contribution in [3.63, 3.8) is 0 Å². The van der Waals surface area contributed by atoms with E-state index in [0.29, 0.717) is 11.5 Å². The second-order valence-corrected chi connectivity index (χ2v) is 7.41. The van der Waals surface area contributed by atoms with E-state index in [1.807, 2.05) is 0 Å². The molecule has 3 heteroatoms. The molecule has 0 bridgehead atoms. The van der Waals surface area contributed by atoms with Crippen LogP contribution in [0.4, 0.5) is 5.69 Å². The average Bonchev–Trinajstić information content (AvgIpc) is 2.24. The van der Waals surface area contributed by atoms with E-state index in [2.05, 4.69) is 77.8 Å². The first-order valence-electron chi connectivity index (χ1n) is 5.68. The van der Waals surface area contributed by atoms with Gasteiger partial charge in [-0.2, -0.15) is 11.8 Å². The second kappa shape index (κ2) is 5.17. The van der Waals surface area contributed by atoms with Gasteiger partial charge in [0.25, 0.3) is 0 Å². The number of anilines is 1. The van der Waals surface area contributed by atoms with Gasteiger partial charge >= 0.3 is 0 Å². The molecule has 1 aromatic carbocycles. The summed E-state index contributed by atoms with van der Waals surface area (Å²) in [6.45, 7) is 4.74. The molecule has 1 aromatic rings. The number of thioether (sulfide) groups is 1. The predicted molar refractivity (Wildman–Crippen MR) is 82.3 cm³/mol. The van der Waals surface area contributed by atoms with Crippen LogP contribution in [0.1, 0.15) is 20.3 Å². The van der Waals surface area contributed by atoms with Crippen LogP contribution in [0.25, 0.3) is 0 Å². The van der Waals surface area contributed by atoms with Crippen LogP contribution in [-0.4, -0.2) is 17.5 Å². The Labute approximate surface area is 116 Å². The highest BCUT2D eigenvalue weighted by Gasteiger charge is 2.32. The molecule has 1 aliphatic heterocycles. The normalized spacial score (nSPS) is 24.1. The van der Waals surface area contributed by atoms with Crippen LogP contribution in [-0.2, 0) is 0 Å². The van der Waals surface area contributed by atoms with E-state index in [9.17, 15) is 0 Å². The molecule has 88 valence electrons. The molecule has 1 aliphatic rings. The maximum absolute atomic E-state index is 3.67. The van der Waals surface area contributed by atoms with E-state index < -0.39 is 0 Å². The van der Waals surface area contributed by atoms with Gasteiger partial charge in [-0.1, -0.05) is 13.8 Å². The van der Waals surface area contributed by atoms with Gasteiger partial charge in [0.15, 0.2) is 0 Å². The quantitative estimate of drug-likeness (QED) is 0.804. The van der Waals surface area contributed by atoms with Crippen LogP contribution in [0.15, 0.2) is 24.3 Å². The molecular formula is C13H18INS. The van der Waals surface area contributed by atoms with Gasteiger partial charge in [0.1, 0.15) is 0 Å². The van der Waals surface area contributed by atoms with Crippen molar-refractivity contribution >= 4 is 40.0 Å². The zero-order valence-electron chi connectivity index (χ0n) is 9.79. The van der Waals surface area contributed by atoms with Crippen LogP contribution in [0, 0.1) is 8.99 Å². The van der Waals surface area contributed by atoms with Gasteiger partial charge in [0.2, 0.25) is 0 Å². The Morgan fingerprint density at radius 3 is 2.62 bits per heavy atom. The first-order chi connectivity index (χ1) is 7.58. The van der Waals surface area contributed by atoms with Crippen LogP contribution >= 0.6 is 34.4 Å². The highest BCUT2D eigenvalue weighted by Crippen LogP contribution is 2.35. The summed E-state index contributed by atoms with van der Waals surface area (Å²) in [5.74, 6) is 2.52. The number of hydrogen-bond donors (Lipinski definition) is 1. The highest BCUT2D eigenvalue weighted by atomic mass is 127. The molecule has 1 nitrogen and oxygen atoms in total. The van der Waals surface area contributed by atoms with Crippen molar-refractivity contribution in [1.29, 1.82) is 0 Å². The van der Waals surface area contributed by atoms with Gasteiger partial charge in [0, 0.05) is 21.1 Å². The molecule has 1 N–H and O–H groups in total. The summed E-state index contributed by atoms with van der Waals surface area (Å²) in [4.78, 5) is 0. The van der Waals surface area contributed by atoms with Gasteiger partial charge in [-0.25, -0.2) is 0 Å². The lowest BCUT2D eigenvalue weighted by Crippen LogP contribution is -2.41. The first kappa shape index (κ1) is 12.6. The van der Waals surface area contributed by atoms with Gasteiger partial charge in [-0.05, 0) is 64.4 Å². The third-order valence-electron chi connectivity index (χ3n) is 3.30. The molecule has 1 fully saturated rings. The Morgan fingerprint density at radius 1 is 1.31 bits per heavy atom. The van der Waals surface area contributed by atoms with E-state index in [-0.39, 0.29) is 0 Å². The average molecular weight is 347 g/mol. The standard InChI is InChI=1S/C13H18INS/c1-13(2)7-8-16-9-12(13)15-11-5-3-10(14)4-6-11/h3-6,12,15H,7-9H2,1-2H3. The molecule has 0 amide bonds. The summed E-state index contributed by atoms with van der Waals surface area (Å²) < 4.78 is 1.29. The predicted octanol–water partition coefficient (Wildman–Crippen LogP) is 4.23. The van der Waals surface area contributed by atoms with Crippen LogP contribution in [0.3, 0.4) is 0 Å². The lowest BCUT2D eigenvalue weighted by Gasteiger charge is -2.39. The fourth-order valence-electron chi connectivity index (χ4n) is 1.92. The molecule has 0 aliphatic carbocycles. The maximum atomic E-state index is 3.67. The van der Waals surface area contributed by atoms with Gasteiger partial charge in [-0.3, -0.25) is 0 Å². The number of benzene rings is 1. The molecule has 0 aromatic heterocycles. The summed E-state index contributed by atoms with van der Waals surface area (Å²) in [5, 5.41) is 3.67. The Hall–Kier alpha value is 0.1000. The third kappa shape index (κ3) is 3.06. The van der Waals surface area contributed by atoms with E-state index in [4.69, 9.17) is 0 Å². The largest absolute Gasteiger partial charge is 0.381 e. The third-order valence-corrected chi connectivity index (χ3v) is 5.08. The molecule has 16 heavy (non-hydrogen) atoms. The molecule has 1 unspecified atom stereocenters. The zero-order chi connectivity index (χ0) is 11.6. The maximum Gasteiger partial charge on any atom is 0.0403 e. The molecule has 2 rings (SSSR count). The summed E-state index contributed by atoms with van der Waals surface area (Å²) in [6.07, 6.45) is 1.31. The van der Waals surface area contributed by atoms with Crippen molar-refractivity contribution in [3.05, 3.63) is 27.8 Å². The van der Waals surface area contributed by atoms with E-state index >= 15 is 0 Å². The molecule has 0 spiro atoms. The highest BCUT2D eigenvalue weighted by molar-refractivity contribution is 14.1. The Balaban J connectivity index is 2.05. The lowest BCUT2D eigenvalue weighted by atomic mass is 9.82. The van der Waals surface area contributed by atoms with Crippen molar-refractivity contribution in [2.45, 2.75) is 26.3 Å². The monoisotopic (exact) mass is 347 g/mol. The molecular weight excluding hydrogens is 329 g/mol. The molecule has 1 heterocycles. The minimum absolute atomic E-state index is 0.411. The van der Waals surface area contributed by atoms with E-state index in [0.717, 1.165) is 0 Å². The summed E-state index contributed by atoms with van der Waals surface area (Å²) in [5.41, 5.74) is 1.66. The number of nitrogens with one attached hydrogen (secondary N) is 1. The zero-order valence-corrected chi connectivity index (χ0v) is 12.8. The molecule has 0 radical (unpaired) electrons. The van der Waals surface area contributed by atoms with Crippen molar-refractivity contribution in [2.75, 3.05) is 16.8 Å². The summed E-state index contributed by atoms with van der Waals surface area (Å²) >= 11 is 4.41. The van der Waals surface area contributed by atoms with Gasteiger partial charge in [0.05, 0.1) is 0 Å². The minimum atomic E-state index is 0.411. The Kier molecular flexibility index (Phi) is 4.06. The Morgan fingerprint density at radius 2 is 2.00 bits per heavy atom. The fraction of sp³-hybridized carbons (Fsp3) is 0.538. The molecule has 1 atom stereocenters. The topological polar surface area (TPSA) is 12.0 Å². The van der Waals surface area contributed by atoms with E-state index in [1.165, 1.54) is 27.2 Å². The Bertz CT molecular complexity index is 347. The van der Waals surface area contributed by atoms with Gasteiger partial charge in [-0.15, -0.1) is 0 Å². The fourth-order valence-corrected chi connectivity index (χ4v) is 3.89. The molecule has 0 saturated carbocycles. The minimum Gasteiger partial charge on any atom is -0.381 e. The summed E-state index contributed by atoms with van der Waals surface area (Å²) in [6, 6.07) is 9.26. The SMILES string of the molecule is CC1(C)CCSCC1Nc1ccc(I)cc1. The van der Waals surface area contributed by atoms with Crippen molar-refractivity contribution < 1.29 is 0 Å². The number of rotatable bonds is 2. The van der Waals surface area contributed by atoms with Gasteiger partial charge < -0.3 is 5.32 Å².